The molecule has 0 atom stereocenters. The second kappa shape index (κ2) is 10.0. The van der Waals surface area contributed by atoms with Crippen LogP contribution in [0.5, 0.6) is 5.75 Å². The second-order valence-corrected chi connectivity index (χ2v) is 10.3. The van der Waals surface area contributed by atoms with Crippen LogP contribution in [-0.4, -0.2) is 21.9 Å². The van der Waals surface area contributed by atoms with Gasteiger partial charge in [-0.05, 0) is 48.5 Å². The number of hydrogen-bond donors (Lipinski definition) is 0. The van der Waals surface area contributed by atoms with Gasteiger partial charge in [-0.1, -0.05) is 70.1 Å². The fourth-order valence-electron chi connectivity index (χ4n) is 3.51. The highest BCUT2D eigenvalue weighted by Crippen LogP contribution is 2.41. The van der Waals surface area contributed by atoms with Crippen LogP contribution in [0, 0.1) is 0 Å². The minimum Gasteiger partial charge on any atom is -0.497 e. The van der Waals surface area contributed by atoms with Gasteiger partial charge in [0.15, 0.2) is 0 Å². The standard InChI is InChI=1S/C25H14Cl5N3OS/c1-34-16-6-2-13(3-7-16)21-12-35-25(31-21)33-24(15-5-9-18(27)20(29)11-15)22(30)23(32-33)14-4-8-17(26)19(28)10-14/h2-12H,1H3. The van der Waals surface area contributed by atoms with Crippen molar-refractivity contribution in [3.05, 3.63) is 91.2 Å². The highest BCUT2D eigenvalue weighted by molar-refractivity contribution is 7.12. The van der Waals surface area contributed by atoms with E-state index in [0.29, 0.717) is 41.6 Å². The van der Waals surface area contributed by atoms with Crippen LogP contribution in [0.3, 0.4) is 0 Å². The monoisotopic (exact) mass is 579 g/mol. The molecule has 0 amide bonds. The predicted octanol–water partition coefficient (Wildman–Crippen LogP) is 9.61. The van der Waals surface area contributed by atoms with Gasteiger partial charge in [0.2, 0.25) is 5.13 Å². The fourth-order valence-corrected chi connectivity index (χ4v) is 5.23. The van der Waals surface area contributed by atoms with E-state index in [9.17, 15) is 0 Å². The van der Waals surface area contributed by atoms with E-state index in [4.69, 9.17) is 72.8 Å². The van der Waals surface area contributed by atoms with Crippen molar-refractivity contribution in [3.8, 4) is 44.7 Å². The Kier molecular flexibility index (Phi) is 6.99. The van der Waals surface area contributed by atoms with Crippen molar-refractivity contribution < 1.29 is 4.74 Å². The zero-order chi connectivity index (χ0) is 24.7. The van der Waals surface area contributed by atoms with Gasteiger partial charge in [0.1, 0.15) is 11.4 Å². The maximum atomic E-state index is 6.92. The van der Waals surface area contributed by atoms with E-state index in [1.807, 2.05) is 41.8 Å². The lowest BCUT2D eigenvalue weighted by Gasteiger charge is -2.06. The molecule has 0 bridgehead atoms. The van der Waals surface area contributed by atoms with Gasteiger partial charge in [-0.15, -0.1) is 11.3 Å². The molecule has 0 N–H and O–H groups in total. The summed E-state index contributed by atoms with van der Waals surface area (Å²) in [5.74, 6) is 0.774. The Morgan fingerprint density at radius 3 is 1.97 bits per heavy atom. The van der Waals surface area contributed by atoms with Gasteiger partial charge in [0.05, 0.1) is 43.6 Å². The van der Waals surface area contributed by atoms with Gasteiger partial charge in [-0.25, -0.2) is 9.67 Å². The number of ether oxygens (including phenoxy) is 1. The minimum absolute atomic E-state index is 0.405. The summed E-state index contributed by atoms with van der Waals surface area (Å²) in [4.78, 5) is 4.83. The van der Waals surface area contributed by atoms with E-state index in [1.165, 1.54) is 11.3 Å². The fraction of sp³-hybridized carbons (Fsp3) is 0.0400. The third kappa shape index (κ3) is 4.77. The molecular weight excluding hydrogens is 568 g/mol. The summed E-state index contributed by atoms with van der Waals surface area (Å²) < 4.78 is 6.96. The molecule has 3 aromatic carbocycles. The molecule has 5 aromatic rings. The van der Waals surface area contributed by atoms with E-state index >= 15 is 0 Å². The topological polar surface area (TPSA) is 39.9 Å². The Morgan fingerprint density at radius 1 is 0.743 bits per heavy atom. The Morgan fingerprint density at radius 2 is 1.34 bits per heavy atom. The Bertz CT molecular complexity index is 1550. The summed E-state index contributed by atoms with van der Waals surface area (Å²) in [7, 11) is 1.63. The van der Waals surface area contributed by atoms with Crippen LogP contribution in [0.15, 0.2) is 66.0 Å². The minimum atomic E-state index is 0.405. The molecule has 0 fully saturated rings. The highest BCUT2D eigenvalue weighted by atomic mass is 35.5. The molecule has 5 rings (SSSR count). The Labute approximate surface area is 230 Å². The SMILES string of the molecule is COc1ccc(-c2csc(-n3nc(-c4ccc(Cl)c(Cl)c4)c(Cl)c3-c3ccc(Cl)c(Cl)c3)n2)cc1. The first kappa shape index (κ1) is 24.4. The number of aromatic nitrogens is 3. The maximum absolute atomic E-state index is 6.92. The van der Waals surface area contributed by atoms with Crippen LogP contribution >= 0.6 is 69.3 Å². The zero-order valence-corrected chi connectivity index (χ0v) is 22.5. The Hall–Kier alpha value is -2.25. The number of methoxy groups -OCH3 is 1. The third-order valence-corrected chi connectivity index (χ3v) is 7.92. The number of rotatable bonds is 5. The number of thiazole rings is 1. The predicted molar refractivity (Wildman–Crippen MR) is 147 cm³/mol. The van der Waals surface area contributed by atoms with E-state index in [0.717, 1.165) is 28.1 Å². The van der Waals surface area contributed by atoms with Crippen molar-refractivity contribution in [3.63, 3.8) is 0 Å². The molecule has 4 nitrogen and oxygen atoms in total. The first-order chi connectivity index (χ1) is 16.9. The average Bonchev–Trinajstić information content (AvgIpc) is 3.48. The van der Waals surface area contributed by atoms with Crippen LogP contribution < -0.4 is 4.74 Å². The van der Waals surface area contributed by atoms with Crippen molar-refractivity contribution in [1.82, 2.24) is 14.8 Å². The van der Waals surface area contributed by atoms with Crippen LogP contribution in [0.25, 0.3) is 38.9 Å². The van der Waals surface area contributed by atoms with E-state index in [-0.39, 0.29) is 0 Å². The second-order valence-electron chi connectivity index (χ2n) is 7.42. The van der Waals surface area contributed by atoms with Crippen molar-refractivity contribution >= 4 is 69.3 Å². The van der Waals surface area contributed by atoms with E-state index < -0.39 is 0 Å². The van der Waals surface area contributed by atoms with E-state index in [2.05, 4.69) is 0 Å². The van der Waals surface area contributed by atoms with Gasteiger partial charge >= 0.3 is 0 Å². The molecule has 2 aromatic heterocycles. The van der Waals surface area contributed by atoms with E-state index in [1.54, 1.807) is 36.1 Å². The largest absolute Gasteiger partial charge is 0.497 e. The molecule has 0 aliphatic heterocycles. The lowest BCUT2D eigenvalue weighted by Crippen LogP contribution is -1.99. The zero-order valence-electron chi connectivity index (χ0n) is 17.9. The Balaban J connectivity index is 1.67. The molecule has 0 saturated heterocycles. The molecule has 0 unspecified atom stereocenters. The molecule has 0 aliphatic rings. The van der Waals surface area contributed by atoms with Crippen LogP contribution in [0.2, 0.25) is 25.1 Å². The van der Waals surface area contributed by atoms with Crippen LogP contribution in [0.1, 0.15) is 0 Å². The first-order valence-corrected chi connectivity index (χ1v) is 12.9. The molecule has 0 saturated carbocycles. The molecule has 10 heteroatoms. The first-order valence-electron chi connectivity index (χ1n) is 10.2. The lowest BCUT2D eigenvalue weighted by atomic mass is 10.1. The summed E-state index contributed by atoms with van der Waals surface area (Å²) in [5.41, 5.74) is 4.37. The van der Waals surface area contributed by atoms with Crippen molar-refractivity contribution in [2.75, 3.05) is 7.11 Å². The van der Waals surface area contributed by atoms with Gasteiger partial charge in [-0.2, -0.15) is 5.10 Å². The van der Waals surface area contributed by atoms with Crippen molar-refractivity contribution in [2.24, 2.45) is 0 Å². The highest BCUT2D eigenvalue weighted by Gasteiger charge is 2.23. The van der Waals surface area contributed by atoms with Crippen LogP contribution in [0.4, 0.5) is 0 Å². The maximum Gasteiger partial charge on any atom is 0.211 e. The molecular formula is C25H14Cl5N3OS. The van der Waals surface area contributed by atoms with Crippen LogP contribution in [-0.2, 0) is 0 Å². The van der Waals surface area contributed by atoms with Crippen molar-refractivity contribution in [2.45, 2.75) is 0 Å². The van der Waals surface area contributed by atoms with Gasteiger partial charge < -0.3 is 4.74 Å². The summed E-state index contributed by atoms with van der Waals surface area (Å²) in [5, 5.41) is 9.53. The summed E-state index contributed by atoms with van der Waals surface area (Å²) >= 11 is 33.2. The molecule has 176 valence electrons. The number of benzene rings is 3. The lowest BCUT2D eigenvalue weighted by molar-refractivity contribution is 0.415. The normalized spacial score (nSPS) is 11.1. The van der Waals surface area contributed by atoms with Gasteiger partial charge in [0, 0.05) is 22.1 Å². The quantitative estimate of drug-likeness (QED) is 0.207. The summed E-state index contributed by atoms with van der Waals surface area (Å²) in [6.45, 7) is 0. The summed E-state index contributed by atoms with van der Waals surface area (Å²) in [6, 6.07) is 18.2. The number of halogens is 5. The molecule has 35 heavy (non-hydrogen) atoms. The summed E-state index contributed by atoms with van der Waals surface area (Å²) in [6.07, 6.45) is 0. The molecule has 0 aliphatic carbocycles. The average molecular weight is 582 g/mol. The number of nitrogens with zero attached hydrogens (tertiary/aromatic N) is 3. The third-order valence-electron chi connectivity index (χ3n) is 5.27. The smallest absolute Gasteiger partial charge is 0.211 e. The van der Waals surface area contributed by atoms with Gasteiger partial charge in [-0.3, -0.25) is 0 Å². The molecule has 2 heterocycles. The van der Waals surface area contributed by atoms with Crippen molar-refractivity contribution in [1.29, 1.82) is 0 Å². The number of hydrogen-bond acceptors (Lipinski definition) is 4. The molecule has 0 radical (unpaired) electrons. The molecule has 0 spiro atoms. The van der Waals surface area contributed by atoms with Gasteiger partial charge in [0.25, 0.3) is 0 Å².